The van der Waals surface area contributed by atoms with Crippen molar-refractivity contribution in [3.05, 3.63) is 66.4 Å². The first-order chi connectivity index (χ1) is 14.1. The van der Waals surface area contributed by atoms with Gasteiger partial charge in [0.05, 0.1) is 12.8 Å². The van der Waals surface area contributed by atoms with Gasteiger partial charge in [-0.05, 0) is 18.6 Å². The van der Waals surface area contributed by atoms with E-state index < -0.39 is 0 Å². The summed E-state index contributed by atoms with van der Waals surface area (Å²) < 4.78 is 5.33. The summed E-state index contributed by atoms with van der Waals surface area (Å²) in [6.07, 6.45) is 2.13. The number of methoxy groups -OCH3 is 1. The van der Waals surface area contributed by atoms with Gasteiger partial charge >= 0.3 is 0 Å². The van der Waals surface area contributed by atoms with Crippen molar-refractivity contribution >= 4 is 17.4 Å². The number of hydrogen-bond donors (Lipinski definition) is 1. The van der Waals surface area contributed by atoms with Gasteiger partial charge in [0.15, 0.2) is 5.82 Å². The van der Waals surface area contributed by atoms with E-state index in [0.29, 0.717) is 23.0 Å². The summed E-state index contributed by atoms with van der Waals surface area (Å²) in [7, 11) is 3.55. The Labute approximate surface area is 171 Å². The van der Waals surface area contributed by atoms with Crippen LogP contribution in [-0.2, 0) is 0 Å². The molecule has 0 aliphatic rings. The van der Waals surface area contributed by atoms with Crippen LogP contribution >= 0.6 is 0 Å². The fourth-order valence-corrected chi connectivity index (χ4v) is 2.91. The molecule has 0 saturated carbocycles. The Morgan fingerprint density at radius 2 is 1.79 bits per heavy atom. The Kier molecular flexibility index (Phi) is 6.79. The number of carbonyl (C=O) groups excluding carboxylic acids is 1. The lowest BCUT2D eigenvalue weighted by Crippen LogP contribution is -2.22. The quantitative estimate of drug-likeness (QED) is 0.607. The largest absolute Gasteiger partial charge is 0.495 e. The molecule has 150 valence electrons. The predicted molar refractivity (Wildman–Crippen MR) is 117 cm³/mol. The van der Waals surface area contributed by atoms with Crippen molar-refractivity contribution in [1.82, 2.24) is 9.97 Å². The average Bonchev–Trinajstić information content (AvgIpc) is 2.78. The highest BCUT2D eigenvalue weighted by Gasteiger charge is 2.16. The van der Waals surface area contributed by atoms with Crippen LogP contribution in [0.2, 0.25) is 0 Å². The molecule has 29 heavy (non-hydrogen) atoms. The second-order valence-electron chi connectivity index (χ2n) is 6.73. The zero-order valence-electron chi connectivity index (χ0n) is 17.1. The van der Waals surface area contributed by atoms with E-state index in [0.717, 1.165) is 30.8 Å². The Balaban J connectivity index is 1.97. The molecule has 0 bridgehead atoms. The van der Waals surface area contributed by atoms with Gasteiger partial charge in [0, 0.05) is 25.2 Å². The number of nitrogens with zero attached hydrogens (tertiary/aromatic N) is 3. The lowest BCUT2D eigenvalue weighted by atomic mass is 10.2. The van der Waals surface area contributed by atoms with Crippen LogP contribution in [-0.4, -0.2) is 36.6 Å². The molecule has 1 aromatic heterocycles. The van der Waals surface area contributed by atoms with E-state index in [1.807, 2.05) is 49.5 Å². The predicted octanol–water partition coefficient (Wildman–Crippen LogP) is 4.64. The summed E-state index contributed by atoms with van der Waals surface area (Å²) in [4.78, 5) is 24.2. The smallest absolute Gasteiger partial charge is 0.274 e. The zero-order valence-corrected chi connectivity index (χ0v) is 17.1. The lowest BCUT2D eigenvalue weighted by molar-refractivity contribution is 0.102. The highest BCUT2D eigenvalue weighted by molar-refractivity contribution is 6.04. The Morgan fingerprint density at radius 3 is 2.52 bits per heavy atom. The molecule has 3 aromatic rings. The van der Waals surface area contributed by atoms with Gasteiger partial charge in [0.1, 0.15) is 17.3 Å². The highest BCUT2D eigenvalue weighted by Crippen LogP contribution is 2.25. The molecule has 0 saturated heterocycles. The van der Waals surface area contributed by atoms with Crippen molar-refractivity contribution in [3.63, 3.8) is 0 Å². The molecule has 1 N–H and O–H groups in total. The van der Waals surface area contributed by atoms with Gasteiger partial charge in [-0.2, -0.15) is 0 Å². The van der Waals surface area contributed by atoms with Crippen LogP contribution in [0, 0.1) is 0 Å². The molecule has 3 rings (SSSR count). The number of ether oxygens (including phenoxy) is 1. The number of carbonyl (C=O) groups is 1. The summed E-state index contributed by atoms with van der Waals surface area (Å²) in [5.41, 5.74) is 1.77. The SMILES string of the molecule is CCCCN(C)c1cc(C(=O)Nc2ccccc2OC)nc(-c2ccccc2)n1. The normalized spacial score (nSPS) is 10.4. The first kappa shape index (κ1) is 20.3. The Morgan fingerprint density at radius 1 is 1.07 bits per heavy atom. The molecule has 6 nitrogen and oxygen atoms in total. The molecule has 1 heterocycles. The Hall–Kier alpha value is -3.41. The number of benzene rings is 2. The molecule has 0 fully saturated rings. The van der Waals surface area contributed by atoms with Crippen molar-refractivity contribution in [2.75, 3.05) is 30.9 Å². The third-order valence-corrected chi connectivity index (χ3v) is 4.57. The maximum absolute atomic E-state index is 13.0. The molecule has 0 spiro atoms. The molecule has 0 aliphatic carbocycles. The molecule has 0 unspecified atom stereocenters. The van der Waals surface area contributed by atoms with E-state index in [9.17, 15) is 4.79 Å². The zero-order chi connectivity index (χ0) is 20.6. The number of nitrogens with one attached hydrogen (secondary N) is 1. The summed E-state index contributed by atoms with van der Waals surface area (Å²) in [5.74, 6) is 1.53. The van der Waals surface area contributed by atoms with Crippen LogP contribution in [0.25, 0.3) is 11.4 Å². The van der Waals surface area contributed by atoms with E-state index in [4.69, 9.17) is 4.74 Å². The van der Waals surface area contributed by atoms with E-state index in [-0.39, 0.29) is 5.91 Å². The van der Waals surface area contributed by atoms with Gasteiger partial charge < -0.3 is 15.0 Å². The van der Waals surface area contributed by atoms with Crippen molar-refractivity contribution in [1.29, 1.82) is 0 Å². The van der Waals surface area contributed by atoms with E-state index in [2.05, 4.69) is 27.1 Å². The van der Waals surface area contributed by atoms with Gasteiger partial charge in [-0.25, -0.2) is 9.97 Å². The topological polar surface area (TPSA) is 67.4 Å². The minimum absolute atomic E-state index is 0.306. The summed E-state index contributed by atoms with van der Waals surface area (Å²) >= 11 is 0. The van der Waals surface area contributed by atoms with Crippen LogP contribution in [0.5, 0.6) is 5.75 Å². The first-order valence-corrected chi connectivity index (χ1v) is 9.72. The van der Waals surface area contributed by atoms with Crippen LogP contribution in [0.4, 0.5) is 11.5 Å². The molecule has 2 aromatic carbocycles. The number of anilines is 2. The molecule has 6 heteroatoms. The minimum atomic E-state index is -0.306. The molecule has 0 atom stereocenters. The van der Waals surface area contributed by atoms with Crippen LogP contribution < -0.4 is 15.0 Å². The molecule has 0 aliphatic heterocycles. The second-order valence-corrected chi connectivity index (χ2v) is 6.73. The average molecular weight is 390 g/mol. The molecular formula is C23H26N4O2. The van der Waals surface area contributed by atoms with Crippen molar-refractivity contribution in [3.8, 4) is 17.1 Å². The second kappa shape index (κ2) is 9.68. The summed E-state index contributed by atoms with van der Waals surface area (Å²) in [6.45, 7) is 3.00. The van der Waals surface area contributed by atoms with Gasteiger partial charge in [0.25, 0.3) is 5.91 Å². The number of amides is 1. The number of para-hydroxylation sites is 2. The van der Waals surface area contributed by atoms with E-state index >= 15 is 0 Å². The number of rotatable bonds is 8. The summed E-state index contributed by atoms with van der Waals surface area (Å²) in [5, 5.41) is 2.89. The lowest BCUT2D eigenvalue weighted by Gasteiger charge is -2.19. The van der Waals surface area contributed by atoms with Gasteiger partial charge in [0.2, 0.25) is 0 Å². The monoisotopic (exact) mass is 390 g/mol. The van der Waals surface area contributed by atoms with Gasteiger partial charge in [-0.15, -0.1) is 0 Å². The number of unbranched alkanes of at least 4 members (excludes halogenated alkanes) is 1. The highest BCUT2D eigenvalue weighted by atomic mass is 16.5. The third-order valence-electron chi connectivity index (χ3n) is 4.57. The number of hydrogen-bond acceptors (Lipinski definition) is 5. The van der Waals surface area contributed by atoms with Crippen LogP contribution in [0.15, 0.2) is 60.7 Å². The van der Waals surface area contributed by atoms with E-state index in [1.54, 1.807) is 25.3 Å². The van der Waals surface area contributed by atoms with Gasteiger partial charge in [-0.1, -0.05) is 55.8 Å². The first-order valence-electron chi connectivity index (χ1n) is 9.72. The van der Waals surface area contributed by atoms with Crippen molar-refractivity contribution in [2.45, 2.75) is 19.8 Å². The molecule has 1 amide bonds. The maximum Gasteiger partial charge on any atom is 0.274 e. The molecule has 0 radical (unpaired) electrons. The van der Waals surface area contributed by atoms with E-state index in [1.165, 1.54) is 0 Å². The van der Waals surface area contributed by atoms with Crippen LogP contribution in [0.3, 0.4) is 0 Å². The van der Waals surface area contributed by atoms with Crippen molar-refractivity contribution < 1.29 is 9.53 Å². The Bertz CT molecular complexity index is 960. The van der Waals surface area contributed by atoms with Crippen LogP contribution in [0.1, 0.15) is 30.3 Å². The standard InChI is InChI=1S/C23H26N4O2/c1-4-5-15-27(2)21-16-19(24-22(26-21)17-11-7-6-8-12-17)23(28)25-18-13-9-10-14-20(18)29-3/h6-14,16H,4-5,15H2,1-3H3,(H,25,28). The van der Waals surface area contributed by atoms with Gasteiger partial charge in [-0.3, -0.25) is 4.79 Å². The summed E-state index contributed by atoms with van der Waals surface area (Å²) in [6, 6.07) is 18.7. The fraction of sp³-hybridized carbons (Fsp3) is 0.261. The van der Waals surface area contributed by atoms with Crippen molar-refractivity contribution in [2.24, 2.45) is 0 Å². The number of aromatic nitrogens is 2. The fourth-order valence-electron chi connectivity index (χ4n) is 2.91. The third kappa shape index (κ3) is 5.10. The minimum Gasteiger partial charge on any atom is -0.495 e. The molecular weight excluding hydrogens is 364 g/mol. The maximum atomic E-state index is 13.0.